The van der Waals surface area contributed by atoms with Gasteiger partial charge in [-0.1, -0.05) is 12.1 Å². The van der Waals surface area contributed by atoms with Crippen LogP contribution in [0.25, 0.3) is 0 Å². The minimum atomic E-state index is -4.69. The van der Waals surface area contributed by atoms with E-state index in [1.54, 1.807) is 16.8 Å². The van der Waals surface area contributed by atoms with Crippen LogP contribution < -0.4 is 10.5 Å². The average Bonchev–Trinajstić information content (AvgIpc) is 2.65. The Morgan fingerprint density at radius 3 is 2.29 bits per heavy atom. The molecule has 0 fully saturated rings. The van der Waals surface area contributed by atoms with Gasteiger partial charge in [0.2, 0.25) is 0 Å². The summed E-state index contributed by atoms with van der Waals surface area (Å²) in [6.45, 7) is 3.72. The van der Waals surface area contributed by atoms with E-state index in [1.165, 1.54) is 12.1 Å². The van der Waals surface area contributed by atoms with Crippen molar-refractivity contribution in [3.8, 4) is 5.75 Å². The van der Waals surface area contributed by atoms with E-state index in [1.807, 2.05) is 13.8 Å². The first-order valence-electron chi connectivity index (χ1n) is 6.05. The Morgan fingerprint density at radius 2 is 1.86 bits per heavy atom. The van der Waals surface area contributed by atoms with Crippen molar-refractivity contribution in [1.29, 1.82) is 0 Å². The molecule has 2 rings (SSSR count). The van der Waals surface area contributed by atoms with Gasteiger partial charge in [0.1, 0.15) is 11.6 Å². The summed E-state index contributed by atoms with van der Waals surface area (Å²) in [5.41, 5.74) is 7.58. The van der Waals surface area contributed by atoms with Crippen molar-refractivity contribution in [1.82, 2.24) is 9.78 Å². The van der Waals surface area contributed by atoms with E-state index < -0.39 is 6.36 Å². The Morgan fingerprint density at radius 1 is 1.29 bits per heavy atom. The first-order valence-corrected chi connectivity index (χ1v) is 7.12. The summed E-state index contributed by atoms with van der Waals surface area (Å²) < 4.78 is 42.7. The molecule has 0 aliphatic carbocycles. The lowest BCUT2D eigenvalue weighted by atomic mass is 10.1. The van der Waals surface area contributed by atoms with Gasteiger partial charge in [0.15, 0.2) is 0 Å². The van der Waals surface area contributed by atoms with Gasteiger partial charge in [-0.05, 0) is 54.1 Å². The van der Waals surface area contributed by atoms with Gasteiger partial charge < -0.3 is 10.5 Å². The summed E-state index contributed by atoms with van der Waals surface area (Å²) in [6, 6.07) is 5.49. The molecule has 1 unspecified atom stereocenters. The van der Waals surface area contributed by atoms with E-state index in [0.717, 1.165) is 14.8 Å². The lowest BCUT2D eigenvalue weighted by Gasteiger charge is -2.15. The first kappa shape index (κ1) is 15.9. The summed E-state index contributed by atoms with van der Waals surface area (Å²) in [4.78, 5) is 0. The fraction of sp³-hybridized carbons (Fsp3) is 0.308. The Kier molecular flexibility index (Phi) is 4.35. The Hall–Kier alpha value is -1.45. The molecule has 0 radical (unpaired) electrons. The SMILES string of the molecule is Cc1nn(C(C)c2ccc(OC(F)(F)F)cc2)c(N)c1I. The van der Waals surface area contributed by atoms with Crippen molar-refractivity contribution in [2.24, 2.45) is 0 Å². The summed E-state index contributed by atoms with van der Waals surface area (Å²) in [5.74, 6) is 0.286. The standard InChI is InChI=1S/C13H13F3IN3O/c1-7-11(17)12(18)20(19-7)8(2)9-3-5-10(6-4-9)21-13(14,15)16/h3-6,8H,18H2,1-2H3. The van der Waals surface area contributed by atoms with Crippen molar-refractivity contribution in [2.75, 3.05) is 5.73 Å². The highest BCUT2D eigenvalue weighted by Gasteiger charge is 2.31. The van der Waals surface area contributed by atoms with Gasteiger partial charge in [-0.2, -0.15) is 5.10 Å². The predicted octanol–water partition coefficient (Wildman–Crippen LogP) is 3.89. The molecule has 0 saturated carbocycles. The molecule has 1 aromatic carbocycles. The van der Waals surface area contributed by atoms with E-state index in [-0.39, 0.29) is 11.8 Å². The molecule has 1 atom stereocenters. The van der Waals surface area contributed by atoms with E-state index in [9.17, 15) is 13.2 Å². The van der Waals surface area contributed by atoms with Crippen molar-refractivity contribution >= 4 is 28.4 Å². The maximum absolute atomic E-state index is 12.1. The van der Waals surface area contributed by atoms with Gasteiger partial charge in [-0.15, -0.1) is 13.2 Å². The molecule has 0 amide bonds. The number of rotatable bonds is 3. The number of alkyl halides is 3. The topological polar surface area (TPSA) is 53.1 Å². The molecule has 0 aliphatic rings. The van der Waals surface area contributed by atoms with Crippen molar-refractivity contribution in [3.63, 3.8) is 0 Å². The zero-order valence-corrected chi connectivity index (χ0v) is 13.4. The minimum absolute atomic E-state index is 0.188. The third kappa shape index (κ3) is 3.60. The summed E-state index contributed by atoms with van der Waals surface area (Å²) in [6.07, 6.45) is -4.69. The normalized spacial score (nSPS) is 13.2. The zero-order valence-electron chi connectivity index (χ0n) is 11.3. The minimum Gasteiger partial charge on any atom is -0.406 e. The smallest absolute Gasteiger partial charge is 0.406 e. The number of benzene rings is 1. The molecule has 8 heteroatoms. The molecule has 0 bridgehead atoms. The van der Waals surface area contributed by atoms with Gasteiger partial charge >= 0.3 is 6.36 Å². The molecule has 4 nitrogen and oxygen atoms in total. The van der Waals surface area contributed by atoms with Crippen LogP contribution in [0.4, 0.5) is 19.0 Å². The van der Waals surface area contributed by atoms with E-state index in [4.69, 9.17) is 5.73 Å². The van der Waals surface area contributed by atoms with Crippen LogP contribution in [0.2, 0.25) is 0 Å². The molecule has 2 N–H and O–H groups in total. The van der Waals surface area contributed by atoms with Crippen LogP contribution in [0.15, 0.2) is 24.3 Å². The fourth-order valence-electron chi connectivity index (χ4n) is 1.93. The highest BCUT2D eigenvalue weighted by Crippen LogP contribution is 2.28. The maximum Gasteiger partial charge on any atom is 0.573 e. The van der Waals surface area contributed by atoms with E-state index in [2.05, 4.69) is 32.4 Å². The van der Waals surface area contributed by atoms with Crippen LogP contribution in [0.1, 0.15) is 24.2 Å². The lowest BCUT2D eigenvalue weighted by Crippen LogP contribution is -2.17. The molecule has 2 aromatic rings. The number of hydrogen-bond donors (Lipinski definition) is 1. The predicted molar refractivity (Wildman–Crippen MR) is 81.0 cm³/mol. The molecule has 0 saturated heterocycles. The molecule has 0 spiro atoms. The van der Waals surface area contributed by atoms with E-state index >= 15 is 0 Å². The largest absolute Gasteiger partial charge is 0.573 e. The second-order valence-corrected chi connectivity index (χ2v) is 5.60. The van der Waals surface area contributed by atoms with Gasteiger partial charge in [-0.25, -0.2) is 4.68 Å². The quantitative estimate of drug-likeness (QED) is 0.781. The van der Waals surface area contributed by atoms with Gasteiger partial charge in [0.05, 0.1) is 15.3 Å². The number of hydrogen-bond acceptors (Lipinski definition) is 3. The van der Waals surface area contributed by atoms with Crippen LogP contribution in [0.3, 0.4) is 0 Å². The molecule has 21 heavy (non-hydrogen) atoms. The molecular formula is C13H13F3IN3O. The number of aromatic nitrogens is 2. The van der Waals surface area contributed by atoms with E-state index in [0.29, 0.717) is 5.82 Å². The monoisotopic (exact) mass is 411 g/mol. The highest BCUT2D eigenvalue weighted by atomic mass is 127. The number of nitrogen functional groups attached to an aromatic ring is 1. The molecular weight excluding hydrogens is 398 g/mol. The van der Waals surface area contributed by atoms with Crippen LogP contribution in [-0.2, 0) is 0 Å². The number of aryl methyl sites for hydroxylation is 1. The summed E-state index contributed by atoms with van der Waals surface area (Å²) in [7, 11) is 0. The third-order valence-corrected chi connectivity index (χ3v) is 4.34. The number of nitrogens with zero attached hydrogens (tertiary/aromatic N) is 2. The number of ether oxygens (including phenoxy) is 1. The number of nitrogens with two attached hydrogens (primary N) is 1. The fourth-order valence-corrected chi connectivity index (χ4v) is 2.28. The number of anilines is 1. The third-order valence-electron chi connectivity index (χ3n) is 3.01. The number of halogens is 4. The Labute approximate surface area is 133 Å². The van der Waals surface area contributed by atoms with Crippen LogP contribution in [0, 0.1) is 10.5 Å². The van der Waals surface area contributed by atoms with Crippen LogP contribution in [0.5, 0.6) is 5.75 Å². The second kappa shape index (κ2) is 5.74. The molecule has 1 aromatic heterocycles. The van der Waals surface area contributed by atoms with Crippen molar-refractivity contribution in [2.45, 2.75) is 26.3 Å². The van der Waals surface area contributed by atoms with Crippen LogP contribution >= 0.6 is 22.6 Å². The maximum atomic E-state index is 12.1. The second-order valence-electron chi connectivity index (χ2n) is 4.52. The lowest BCUT2D eigenvalue weighted by molar-refractivity contribution is -0.274. The summed E-state index contributed by atoms with van der Waals surface area (Å²) in [5, 5.41) is 4.34. The first-order chi connectivity index (χ1) is 9.69. The molecule has 0 aliphatic heterocycles. The summed E-state index contributed by atoms with van der Waals surface area (Å²) >= 11 is 2.11. The van der Waals surface area contributed by atoms with Crippen molar-refractivity contribution < 1.29 is 17.9 Å². The highest BCUT2D eigenvalue weighted by molar-refractivity contribution is 14.1. The molecule has 114 valence electrons. The van der Waals surface area contributed by atoms with Gasteiger partial charge in [0.25, 0.3) is 0 Å². The zero-order chi connectivity index (χ0) is 15.8. The van der Waals surface area contributed by atoms with Gasteiger partial charge in [-0.3, -0.25) is 0 Å². The van der Waals surface area contributed by atoms with Crippen LogP contribution in [-0.4, -0.2) is 16.1 Å². The van der Waals surface area contributed by atoms with Gasteiger partial charge in [0, 0.05) is 0 Å². The average molecular weight is 411 g/mol. The Balaban J connectivity index is 2.24. The van der Waals surface area contributed by atoms with Crippen molar-refractivity contribution in [3.05, 3.63) is 39.1 Å². The molecule has 1 heterocycles. The Bertz CT molecular complexity index is 637.